The third kappa shape index (κ3) is 3.03. The molecule has 106 valence electrons. The topological polar surface area (TPSA) is 62.8 Å². The van der Waals surface area contributed by atoms with Gasteiger partial charge in [0.25, 0.3) is 0 Å². The zero-order valence-electron chi connectivity index (χ0n) is 11.4. The Morgan fingerprint density at radius 1 is 1.00 bits per heavy atom. The lowest BCUT2D eigenvalue weighted by molar-refractivity contribution is 0.602. The van der Waals surface area contributed by atoms with Crippen molar-refractivity contribution in [2.45, 2.75) is 4.90 Å². The molecule has 0 fully saturated rings. The molecule has 0 amide bonds. The number of sulfone groups is 1. The largest absolute Gasteiger partial charge is 0.338 e. The summed E-state index contributed by atoms with van der Waals surface area (Å²) in [5.74, 6) is 0.767. The second kappa shape index (κ2) is 5.18. The molecule has 0 saturated heterocycles. The van der Waals surface area contributed by atoms with E-state index in [9.17, 15) is 8.42 Å². The number of hydrogen-bond donors (Lipinski definition) is 1. The van der Waals surface area contributed by atoms with E-state index in [1.54, 1.807) is 24.3 Å². The number of aromatic amines is 1. The molecule has 0 atom stereocenters. The Kier molecular flexibility index (Phi) is 3.35. The Morgan fingerprint density at radius 2 is 1.71 bits per heavy atom. The molecule has 0 radical (unpaired) electrons. The smallest absolute Gasteiger partial charge is 0.175 e. The monoisotopic (exact) mass is 298 g/mol. The zero-order valence-corrected chi connectivity index (χ0v) is 12.3. The highest BCUT2D eigenvalue weighted by molar-refractivity contribution is 7.90. The van der Waals surface area contributed by atoms with Gasteiger partial charge < -0.3 is 4.98 Å². The van der Waals surface area contributed by atoms with Gasteiger partial charge in [0, 0.05) is 6.26 Å². The van der Waals surface area contributed by atoms with Crippen molar-refractivity contribution in [2.24, 2.45) is 0 Å². The summed E-state index contributed by atoms with van der Waals surface area (Å²) in [7, 11) is -3.15. The number of imidazole rings is 1. The summed E-state index contributed by atoms with van der Waals surface area (Å²) in [4.78, 5) is 7.98. The van der Waals surface area contributed by atoms with Crippen LogP contribution in [0.1, 0.15) is 11.4 Å². The number of nitrogens with one attached hydrogen (secondary N) is 1. The van der Waals surface area contributed by atoms with Crippen LogP contribution in [0, 0.1) is 0 Å². The van der Waals surface area contributed by atoms with E-state index >= 15 is 0 Å². The maximum atomic E-state index is 11.4. The zero-order chi connectivity index (χ0) is 14.9. The lowest BCUT2D eigenvalue weighted by Crippen LogP contribution is -1.95. The van der Waals surface area contributed by atoms with Gasteiger partial charge in [-0.2, -0.15) is 0 Å². The van der Waals surface area contributed by atoms with E-state index in [1.807, 2.05) is 36.4 Å². The molecule has 0 aliphatic rings. The van der Waals surface area contributed by atoms with Gasteiger partial charge in [-0.05, 0) is 35.9 Å². The van der Waals surface area contributed by atoms with E-state index in [0.29, 0.717) is 4.90 Å². The van der Waals surface area contributed by atoms with Crippen molar-refractivity contribution < 1.29 is 8.42 Å². The minimum atomic E-state index is -3.15. The van der Waals surface area contributed by atoms with Gasteiger partial charge >= 0.3 is 0 Å². The standard InChI is InChI=1S/C16H14N2O2S/c1-21(19,20)13-9-6-12(7-10-13)8-11-16-17-14-4-2-3-5-15(14)18-16/h2-11H,1H3,(H,17,18). The first-order valence-electron chi connectivity index (χ1n) is 6.45. The van der Waals surface area contributed by atoms with Crippen LogP contribution < -0.4 is 0 Å². The molecule has 4 nitrogen and oxygen atoms in total. The molecule has 0 aliphatic carbocycles. The van der Waals surface area contributed by atoms with E-state index in [0.717, 1.165) is 22.4 Å². The van der Waals surface area contributed by atoms with Crippen LogP contribution >= 0.6 is 0 Å². The number of fused-ring (bicyclic) bond motifs is 1. The Hall–Kier alpha value is -2.40. The molecule has 1 heterocycles. The molecule has 3 aromatic rings. The number of nitrogens with zero attached hydrogens (tertiary/aromatic N) is 1. The van der Waals surface area contributed by atoms with Gasteiger partial charge in [-0.3, -0.25) is 0 Å². The molecule has 0 saturated carbocycles. The maximum absolute atomic E-state index is 11.4. The molecule has 21 heavy (non-hydrogen) atoms. The van der Waals surface area contributed by atoms with Gasteiger partial charge in [0.15, 0.2) is 9.84 Å². The van der Waals surface area contributed by atoms with Crippen molar-refractivity contribution in [3.05, 3.63) is 59.9 Å². The number of rotatable bonds is 3. The number of benzene rings is 2. The fraction of sp³-hybridized carbons (Fsp3) is 0.0625. The van der Waals surface area contributed by atoms with Crippen molar-refractivity contribution in [1.29, 1.82) is 0 Å². The molecule has 2 aromatic carbocycles. The Balaban J connectivity index is 1.85. The predicted octanol–water partition coefficient (Wildman–Crippen LogP) is 3.14. The molecule has 0 unspecified atom stereocenters. The van der Waals surface area contributed by atoms with E-state index < -0.39 is 9.84 Å². The van der Waals surface area contributed by atoms with Crippen molar-refractivity contribution >= 4 is 33.0 Å². The maximum Gasteiger partial charge on any atom is 0.175 e. The van der Waals surface area contributed by atoms with Gasteiger partial charge in [-0.15, -0.1) is 0 Å². The number of hydrogen-bond acceptors (Lipinski definition) is 3. The molecule has 5 heteroatoms. The van der Waals surface area contributed by atoms with Crippen molar-refractivity contribution in [2.75, 3.05) is 6.26 Å². The average molecular weight is 298 g/mol. The van der Waals surface area contributed by atoms with E-state index in [2.05, 4.69) is 9.97 Å². The normalized spacial score (nSPS) is 12.2. The number of para-hydroxylation sites is 2. The van der Waals surface area contributed by atoms with Gasteiger partial charge in [0.05, 0.1) is 15.9 Å². The summed E-state index contributed by atoms with van der Waals surface area (Å²) >= 11 is 0. The molecule has 0 spiro atoms. The third-order valence-electron chi connectivity index (χ3n) is 3.15. The number of aromatic nitrogens is 2. The van der Waals surface area contributed by atoms with E-state index in [1.165, 1.54) is 6.26 Å². The molecular formula is C16H14N2O2S. The van der Waals surface area contributed by atoms with Crippen LogP contribution in [-0.4, -0.2) is 24.6 Å². The Labute approximate surface area is 123 Å². The first kappa shape index (κ1) is 13.6. The van der Waals surface area contributed by atoms with Gasteiger partial charge in [0.2, 0.25) is 0 Å². The molecular weight excluding hydrogens is 284 g/mol. The predicted molar refractivity (Wildman–Crippen MR) is 84.6 cm³/mol. The minimum Gasteiger partial charge on any atom is -0.338 e. The first-order chi connectivity index (χ1) is 10.0. The summed E-state index contributed by atoms with van der Waals surface area (Å²) in [5.41, 5.74) is 2.83. The summed E-state index contributed by atoms with van der Waals surface area (Å²) in [6, 6.07) is 14.6. The second-order valence-corrected chi connectivity index (χ2v) is 6.83. The van der Waals surface area contributed by atoms with Crippen LogP contribution in [-0.2, 0) is 9.84 Å². The molecule has 1 N–H and O–H groups in total. The fourth-order valence-electron chi connectivity index (χ4n) is 2.05. The Morgan fingerprint density at radius 3 is 2.38 bits per heavy atom. The lowest BCUT2D eigenvalue weighted by atomic mass is 10.2. The van der Waals surface area contributed by atoms with E-state index in [4.69, 9.17) is 0 Å². The molecule has 0 aliphatic heterocycles. The quantitative estimate of drug-likeness (QED) is 0.808. The fourth-order valence-corrected chi connectivity index (χ4v) is 2.68. The van der Waals surface area contributed by atoms with E-state index in [-0.39, 0.29) is 0 Å². The summed E-state index contributed by atoms with van der Waals surface area (Å²) in [6.45, 7) is 0. The van der Waals surface area contributed by atoms with Crippen LogP contribution in [0.2, 0.25) is 0 Å². The number of H-pyrrole nitrogens is 1. The van der Waals surface area contributed by atoms with Crippen LogP contribution in [0.3, 0.4) is 0 Å². The van der Waals surface area contributed by atoms with Crippen LogP contribution in [0.15, 0.2) is 53.4 Å². The van der Waals surface area contributed by atoms with Gasteiger partial charge in [-0.1, -0.05) is 30.3 Å². The van der Waals surface area contributed by atoms with Crippen LogP contribution in [0.5, 0.6) is 0 Å². The average Bonchev–Trinajstić information content (AvgIpc) is 2.87. The summed E-state index contributed by atoms with van der Waals surface area (Å²) in [6.07, 6.45) is 4.96. The van der Waals surface area contributed by atoms with Crippen molar-refractivity contribution in [1.82, 2.24) is 9.97 Å². The summed E-state index contributed by atoms with van der Waals surface area (Å²) in [5, 5.41) is 0. The minimum absolute atomic E-state index is 0.323. The molecule has 3 rings (SSSR count). The summed E-state index contributed by atoms with van der Waals surface area (Å²) < 4.78 is 22.8. The second-order valence-electron chi connectivity index (χ2n) is 4.81. The first-order valence-corrected chi connectivity index (χ1v) is 8.34. The van der Waals surface area contributed by atoms with Gasteiger partial charge in [-0.25, -0.2) is 13.4 Å². The van der Waals surface area contributed by atoms with Gasteiger partial charge in [0.1, 0.15) is 5.82 Å². The van der Waals surface area contributed by atoms with Crippen molar-refractivity contribution in [3.63, 3.8) is 0 Å². The highest BCUT2D eigenvalue weighted by Gasteiger charge is 2.05. The Bertz CT molecular complexity index is 874. The van der Waals surface area contributed by atoms with Crippen molar-refractivity contribution in [3.8, 4) is 0 Å². The SMILES string of the molecule is CS(=O)(=O)c1ccc(C=Cc2nc3ccccc3[nH]2)cc1. The molecule has 0 bridgehead atoms. The third-order valence-corrected chi connectivity index (χ3v) is 4.28. The highest BCUT2D eigenvalue weighted by atomic mass is 32.2. The highest BCUT2D eigenvalue weighted by Crippen LogP contribution is 2.14. The van der Waals surface area contributed by atoms with Crippen LogP contribution in [0.4, 0.5) is 0 Å². The lowest BCUT2D eigenvalue weighted by Gasteiger charge is -1.98. The molecule has 1 aromatic heterocycles. The van der Waals surface area contributed by atoms with Crippen LogP contribution in [0.25, 0.3) is 23.2 Å².